The number of hydrogen-bond donors (Lipinski definition) is 0. The highest BCUT2D eigenvalue weighted by molar-refractivity contribution is 5.83. The van der Waals surface area contributed by atoms with Crippen molar-refractivity contribution in [3.63, 3.8) is 0 Å². The minimum Gasteiger partial charge on any atom is -0.545 e. The average molecular weight is 167 g/mol. The van der Waals surface area contributed by atoms with Gasteiger partial charge in [0.05, 0.1) is 5.97 Å². The third kappa shape index (κ3) is 3.96. The molecule has 2 nitrogen and oxygen atoms in total. The Morgan fingerprint density at radius 1 is 1.58 bits per heavy atom. The predicted octanol–water partition coefficient (Wildman–Crippen LogP) is 1.28. The summed E-state index contributed by atoms with van der Waals surface area (Å²) in [5, 5.41) is 10.3. The lowest BCUT2D eigenvalue weighted by molar-refractivity contribution is -0.299. The third-order valence-electron chi connectivity index (χ3n) is 1.81. The molecule has 0 heterocycles. The Labute approximate surface area is 73.6 Å². The van der Waals surface area contributed by atoms with E-state index in [-0.39, 0.29) is 5.57 Å². The molecule has 2 heteroatoms. The van der Waals surface area contributed by atoms with E-state index in [1.54, 1.807) is 6.08 Å². The number of carboxylic acid groups (broad SMARTS) is 1. The van der Waals surface area contributed by atoms with Crippen LogP contribution in [0.1, 0.15) is 27.2 Å². The van der Waals surface area contributed by atoms with Gasteiger partial charge in [-0.25, -0.2) is 0 Å². The van der Waals surface area contributed by atoms with E-state index in [1.165, 1.54) is 6.92 Å². The van der Waals surface area contributed by atoms with Crippen molar-refractivity contribution >= 4 is 5.97 Å². The fourth-order valence-electron chi connectivity index (χ4n) is 0.603. The molecule has 0 aliphatic rings. The summed E-state index contributed by atoms with van der Waals surface area (Å²) in [6, 6.07) is 0. The first-order valence-corrected chi connectivity index (χ1v) is 4.01. The summed E-state index contributed by atoms with van der Waals surface area (Å²) in [5.74, 6) is -0.706. The normalized spacial score (nSPS) is 11.8. The molecule has 0 unspecified atom stereocenters. The largest absolute Gasteiger partial charge is 0.545 e. The summed E-state index contributed by atoms with van der Waals surface area (Å²) < 4.78 is 0. The Morgan fingerprint density at radius 2 is 2.08 bits per heavy atom. The van der Waals surface area contributed by atoms with Crippen LogP contribution in [0.25, 0.3) is 0 Å². The molecule has 12 heavy (non-hydrogen) atoms. The van der Waals surface area contributed by atoms with Crippen molar-refractivity contribution in [2.45, 2.75) is 27.2 Å². The number of carbonyl (C=O) groups excluding carboxylic acids is 1. The summed E-state index contributed by atoms with van der Waals surface area (Å²) in [6.07, 6.45) is 2.26. The lowest BCUT2D eigenvalue weighted by Crippen LogP contribution is -2.23. The molecule has 0 aliphatic heterocycles. The van der Waals surface area contributed by atoms with Gasteiger partial charge in [-0.05, 0) is 24.8 Å². The maximum atomic E-state index is 10.3. The molecule has 0 saturated carbocycles. The second kappa shape index (κ2) is 4.75. The molecule has 0 aromatic carbocycles. The highest BCUT2D eigenvalue weighted by Gasteiger charge is 1.97. The number of hydrogen-bond acceptors (Lipinski definition) is 2. The van der Waals surface area contributed by atoms with Gasteiger partial charge < -0.3 is 9.90 Å². The highest BCUT2D eigenvalue weighted by atomic mass is 16.4. The van der Waals surface area contributed by atoms with Gasteiger partial charge in [-0.2, -0.15) is 0 Å². The van der Waals surface area contributed by atoms with Crippen molar-refractivity contribution in [3.8, 4) is 0 Å². The number of allylic oxidation sites excluding steroid dienone is 2. The molecule has 0 aliphatic carbocycles. The first kappa shape index (κ1) is 11.0. The van der Waals surface area contributed by atoms with Crippen LogP contribution >= 0.6 is 0 Å². The lowest BCUT2D eigenvalue weighted by Gasteiger charge is -2.07. The van der Waals surface area contributed by atoms with Gasteiger partial charge in [0.2, 0.25) is 0 Å². The fraction of sp³-hybridized carbons (Fsp3) is 0.500. The van der Waals surface area contributed by atoms with E-state index in [0.717, 1.165) is 5.57 Å². The Morgan fingerprint density at radius 3 is 2.42 bits per heavy atom. The highest BCUT2D eigenvalue weighted by Crippen LogP contribution is 2.12. The van der Waals surface area contributed by atoms with Crippen LogP contribution in [0.15, 0.2) is 23.8 Å². The van der Waals surface area contributed by atoms with Crippen LogP contribution < -0.4 is 5.11 Å². The topological polar surface area (TPSA) is 40.1 Å². The van der Waals surface area contributed by atoms with Crippen molar-refractivity contribution in [2.75, 3.05) is 0 Å². The van der Waals surface area contributed by atoms with E-state index in [0.29, 0.717) is 12.3 Å². The third-order valence-corrected chi connectivity index (χ3v) is 1.81. The zero-order valence-corrected chi connectivity index (χ0v) is 7.89. The van der Waals surface area contributed by atoms with Crippen LogP contribution in [0.2, 0.25) is 0 Å². The van der Waals surface area contributed by atoms with E-state index in [1.807, 2.05) is 13.8 Å². The van der Waals surface area contributed by atoms with E-state index < -0.39 is 5.97 Å². The molecule has 0 radical (unpaired) electrons. The van der Waals surface area contributed by atoms with Gasteiger partial charge in [0.15, 0.2) is 0 Å². The number of carboxylic acids is 1. The lowest BCUT2D eigenvalue weighted by atomic mass is 10.0. The Bertz CT molecular complexity index is 212. The van der Waals surface area contributed by atoms with Gasteiger partial charge >= 0.3 is 0 Å². The molecule has 0 rings (SSSR count). The maximum Gasteiger partial charge on any atom is 0.0668 e. The fourth-order valence-corrected chi connectivity index (χ4v) is 0.603. The number of aliphatic carboxylic acids is 1. The molecular formula is C10H15O2-. The molecule has 0 atom stereocenters. The van der Waals surface area contributed by atoms with E-state index in [2.05, 4.69) is 6.58 Å². The maximum absolute atomic E-state index is 10.3. The number of rotatable bonds is 4. The summed E-state index contributed by atoms with van der Waals surface area (Å²) in [5.41, 5.74) is 1.31. The van der Waals surface area contributed by atoms with E-state index in [9.17, 15) is 9.90 Å². The van der Waals surface area contributed by atoms with Crippen LogP contribution in [0.3, 0.4) is 0 Å². The van der Waals surface area contributed by atoms with Crippen LogP contribution in [0, 0.1) is 5.92 Å². The smallest absolute Gasteiger partial charge is 0.0668 e. The molecule has 0 fully saturated rings. The Balaban J connectivity index is 4.05. The van der Waals surface area contributed by atoms with Gasteiger partial charge in [-0.3, -0.25) is 0 Å². The molecule has 0 N–H and O–H groups in total. The standard InChI is InChI=1S/C10H16O2/c1-7(2)8(3)5-6-9(4)10(11)12/h6-7H,3,5H2,1-2,4H3,(H,11,12)/p-1/b9-6+. The Kier molecular flexibility index (Phi) is 4.34. The molecular weight excluding hydrogens is 152 g/mol. The van der Waals surface area contributed by atoms with Crippen LogP contribution in [0.4, 0.5) is 0 Å². The number of carbonyl (C=O) groups is 1. The molecule has 0 saturated heterocycles. The van der Waals surface area contributed by atoms with Crippen molar-refractivity contribution in [1.29, 1.82) is 0 Å². The zero-order chi connectivity index (χ0) is 9.72. The molecule has 0 aromatic rings. The van der Waals surface area contributed by atoms with E-state index in [4.69, 9.17) is 0 Å². The van der Waals surface area contributed by atoms with Crippen molar-refractivity contribution in [3.05, 3.63) is 23.8 Å². The summed E-state index contributed by atoms with van der Waals surface area (Å²) in [4.78, 5) is 10.3. The second-order valence-electron chi connectivity index (χ2n) is 3.19. The van der Waals surface area contributed by atoms with Gasteiger partial charge in [0.1, 0.15) is 0 Å². The minimum atomic E-state index is -1.11. The minimum absolute atomic E-state index is 0.275. The summed E-state index contributed by atoms with van der Waals surface area (Å²) in [7, 11) is 0. The molecule has 0 spiro atoms. The SMILES string of the molecule is C=C(C/C=C(\C)C(=O)[O-])C(C)C. The Hall–Kier alpha value is -1.05. The first-order valence-electron chi connectivity index (χ1n) is 4.01. The average Bonchev–Trinajstić information content (AvgIpc) is 1.98. The molecule has 0 aromatic heterocycles. The van der Waals surface area contributed by atoms with Crippen LogP contribution in [0.5, 0.6) is 0 Å². The molecule has 68 valence electrons. The van der Waals surface area contributed by atoms with Crippen LogP contribution in [-0.2, 0) is 4.79 Å². The van der Waals surface area contributed by atoms with Crippen molar-refractivity contribution < 1.29 is 9.90 Å². The van der Waals surface area contributed by atoms with Gasteiger partial charge in [-0.15, -0.1) is 0 Å². The molecule has 0 amide bonds. The van der Waals surface area contributed by atoms with E-state index >= 15 is 0 Å². The predicted molar refractivity (Wildman–Crippen MR) is 47.4 cm³/mol. The zero-order valence-electron chi connectivity index (χ0n) is 7.89. The van der Waals surface area contributed by atoms with Crippen molar-refractivity contribution in [2.24, 2.45) is 5.92 Å². The van der Waals surface area contributed by atoms with Gasteiger partial charge in [0, 0.05) is 0 Å². The molecule has 0 bridgehead atoms. The summed E-state index contributed by atoms with van der Waals surface area (Å²) in [6.45, 7) is 9.42. The monoisotopic (exact) mass is 167 g/mol. The second-order valence-corrected chi connectivity index (χ2v) is 3.19. The summed E-state index contributed by atoms with van der Waals surface area (Å²) >= 11 is 0. The van der Waals surface area contributed by atoms with Crippen LogP contribution in [-0.4, -0.2) is 5.97 Å². The quantitative estimate of drug-likeness (QED) is 0.467. The first-order chi connectivity index (χ1) is 5.45. The van der Waals surface area contributed by atoms with Gasteiger partial charge in [0.25, 0.3) is 0 Å². The van der Waals surface area contributed by atoms with Gasteiger partial charge in [-0.1, -0.05) is 32.1 Å². The van der Waals surface area contributed by atoms with Crippen molar-refractivity contribution in [1.82, 2.24) is 0 Å².